The van der Waals surface area contributed by atoms with Crippen LogP contribution < -0.4 is 20.4 Å². The first-order chi connectivity index (χ1) is 19.9. The average Bonchev–Trinajstić information content (AvgIpc) is 2.96. The molecule has 0 aliphatic carbocycles. The van der Waals surface area contributed by atoms with Crippen molar-refractivity contribution in [3.8, 4) is 5.75 Å². The first-order valence-corrected chi connectivity index (χ1v) is 14.4. The van der Waals surface area contributed by atoms with Gasteiger partial charge < -0.3 is 15.0 Å². The Bertz CT molecular complexity index is 1540. The number of hydrogen-bond acceptors (Lipinski definition) is 8. The SMILES string of the molecule is Cc1cccc(Nc2nc(N/N=C/c3ccccc3OCc3ccc(Cl)cc3Cl)nc(N3CCC(C)CC3)n2)c1C. The van der Waals surface area contributed by atoms with Gasteiger partial charge in [0.2, 0.25) is 17.8 Å². The topological polar surface area (TPSA) is 87.6 Å². The molecule has 0 radical (unpaired) electrons. The second-order valence-electron chi connectivity index (χ2n) is 10.3. The van der Waals surface area contributed by atoms with Crippen molar-refractivity contribution in [2.45, 2.75) is 40.2 Å². The normalized spacial score (nSPS) is 13.9. The number of benzene rings is 3. The maximum Gasteiger partial charge on any atom is 0.250 e. The molecule has 1 fully saturated rings. The van der Waals surface area contributed by atoms with Crippen LogP contribution in [-0.2, 0) is 6.61 Å². The van der Waals surface area contributed by atoms with E-state index in [0.717, 1.165) is 48.3 Å². The molecule has 5 rings (SSSR count). The average molecular weight is 591 g/mol. The molecule has 0 amide bonds. The van der Waals surface area contributed by atoms with Crippen molar-refractivity contribution >= 4 is 52.9 Å². The van der Waals surface area contributed by atoms with Gasteiger partial charge in [0.1, 0.15) is 12.4 Å². The Kier molecular flexibility index (Phi) is 9.21. The zero-order valence-electron chi connectivity index (χ0n) is 23.4. The third-order valence-electron chi connectivity index (χ3n) is 7.23. The molecule has 10 heteroatoms. The van der Waals surface area contributed by atoms with E-state index >= 15 is 0 Å². The third kappa shape index (κ3) is 7.45. The van der Waals surface area contributed by atoms with Gasteiger partial charge in [0.05, 0.1) is 6.21 Å². The number of anilines is 4. The fourth-order valence-corrected chi connectivity index (χ4v) is 4.96. The van der Waals surface area contributed by atoms with Crippen molar-refractivity contribution in [1.29, 1.82) is 0 Å². The number of hydrazone groups is 1. The molecule has 212 valence electrons. The van der Waals surface area contributed by atoms with Gasteiger partial charge in [0, 0.05) is 39.9 Å². The Labute approximate surface area is 250 Å². The number of halogens is 2. The van der Waals surface area contributed by atoms with Gasteiger partial charge in [-0.3, -0.25) is 0 Å². The van der Waals surface area contributed by atoms with Crippen molar-refractivity contribution in [1.82, 2.24) is 15.0 Å². The van der Waals surface area contributed by atoms with E-state index in [2.05, 4.69) is 52.6 Å². The lowest BCUT2D eigenvalue weighted by atomic mass is 10.00. The van der Waals surface area contributed by atoms with E-state index in [1.165, 1.54) is 5.56 Å². The molecule has 1 aromatic heterocycles. The van der Waals surface area contributed by atoms with E-state index in [4.69, 9.17) is 37.9 Å². The van der Waals surface area contributed by atoms with Crippen LogP contribution in [0.15, 0.2) is 65.8 Å². The van der Waals surface area contributed by atoms with Crippen molar-refractivity contribution in [3.05, 3.63) is 93.0 Å². The highest BCUT2D eigenvalue weighted by atomic mass is 35.5. The Morgan fingerprint density at radius 2 is 1.76 bits per heavy atom. The summed E-state index contributed by atoms with van der Waals surface area (Å²) in [6.45, 7) is 8.55. The van der Waals surface area contributed by atoms with E-state index in [-0.39, 0.29) is 0 Å². The first kappa shape index (κ1) is 28.6. The van der Waals surface area contributed by atoms with Crippen LogP contribution in [0.2, 0.25) is 10.0 Å². The van der Waals surface area contributed by atoms with Gasteiger partial charge in [0.15, 0.2) is 0 Å². The summed E-state index contributed by atoms with van der Waals surface area (Å²) in [6, 6.07) is 19.1. The van der Waals surface area contributed by atoms with Crippen LogP contribution in [0.25, 0.3) is 0 Å². The van der Waals surface area contributed by atoms with Crippen molar-refractivity contribution in [2.24, 2.45) is 11.0 Å². The minimum Gasteiger partial charge on any atom is -0.488 e. The zero-order chi connectivity index (χ0) is 28.8. The summed E-state index contributed by atoms with van der Waals surface area (Å²) in [7, 11) is 0. The predicted octanol–water partition coefficient (Wildman–Crippen LogP) is 7.80. The number of piperidine rings is 1. The van der Waals surface area contributed by atoms with Gasteiger partial charge in [-0.2, -0.15) is 20.1 Å². The number of rotatable bonds is 9. The van der Waals surface area contributed by atoms with Gasteiger partial charge in [-0.05, 0) is 74.1 Å². The Hall–Kier alpha value is -3.88. The molecule has 1 aliphatic rings. The molecule has 0 unspecified atom stereocenters. The monoisotopic (exact) mass is 589 g/mol. The van der Waals surface area contributed by atoms with Crippen molar-refractivity contribution in [3.63, 3.8) is 0 Å². The molecule has 0 bridgehead atoms. The molecule has 4 aromatic rings. The maximum absolute atomic E-state index is 6.31. The molecular formula is C31H33Cl2N7O. The number of nitrogens with one attached hydrogen (secondary N) is 2. The number of hydrogen-bond donors (Lipinski definition) is 2. The Morgan fingerprint density at radius 3 is 2.56 bits per heavy atom. The summed E-state index contributed by atoms with van der Waals surface area (Å²) in [5, 5.41) is 8.96. The number of ether oxygens (including phenoxy) is 1. The van der Waals surface area contributed by atoms with Gasteiger partial charge in [-0.15, -0.1) is 0 Å². The maximum atomic E-state index is 6.31. The molecule has 2 N–H and O–H groups in total. The van der Waals surface area contributed by atoms with Gasteiger partial charge in [0.25, 0.3) is 0 Å². The van der Waals surface area contributed by atoms with Crippen molar-refractivity contribution < 1.29 is 4.74 Å². The van der Waals surface area contributed by atoms with Crippen LogP contribution in [0, 0.1) is 19.8 Å². The molecule has 0 atom stereocenters. The predicted molar refractivity (Wildman–Crippen MR) is 168 cm³/mol. The van der Waals surface area contributed by atoms with Crippen LogP contribution in [0.5, 0.6) is 5.75 Å². The highest BCUT2D eigenvalue weighted by molar-refractivity contribution is 6.35. The van der Waals surface area contributed by atoms with E-state index in [0.29, 0.717) is 46.2 Å². The molecule has 3 aromatic carbocycles. The van der Waals surface area contributed by atoms with Crippen molar-refractivity contribution in [2.75, 3.05) is 28.7 Å². The lowest BCUT2D eigenvalue weighted by molar-refractivity contribution is 0.306. The van der Waals surface area contributed by atoms with Crippen LogP contribution in [0.1, 0.15) is 42.0 Å². The highest BCUT2D eigenvalue weighted by Crippen LogP contribution is 2.26. The van der Waals surface area contributed by atoms with E-state index in [1.54, 1.807) is 18.3 Å². The molecule has 41 heavy (non-hydrogen) atoms. The van der Waals surface area contributed by atoms with Crippen LogP contribution in [0.4, 0.5) is 23.5 Å². The minimum absolute atomic E-state index is 0.299. The summed E-state index contributed by atoms with van der Waals surface area (Å²) in [6.07, 6.45) is 3.89. The van der Waals surface area contributed by atoms with Gasteiger partial charge in [-0.25, -0.2) is 5.43 Å². The molecule has 8 nitrogen and oxygen atoms in total. The molecule has 1 saturated heterocycles. The fourth-order valence-electron chi connectivity index (χ4n) is 4.50. The third-order valence-corrected chi connectivity index (χ3v) is 7.81. The standard InChI is InChI=1S/C31H33Cl2N7O/c1-20-13-15-40(16-14-20)31-37-29(35-27-9-6-7-21(2)22(27)3)36-30(38-31)39-34-18-23-8-4-5-10-28(23)41-19-24-11-12-25(32)17-26(24)33/h4-12,17-18,20H,13-16,19H2,1-3H3,(H2,35,36,37,38,39)/b34-18+. The second kappa shape index (κ2) is 13.2. The minimum atomic E-state index is 0.299. The molecular weight excluding hydrogens is 557 g/mol. The lowest BCUT2D eigenvalue weighted by Crippen LogP contribution is -2.34. The summed E-state index contributed by atoms with van der Waals surface area (Å²) in [5.41, 5.74) is 7.92. The van der Waals surface area contributed by atoms with Gasteiger partial charge in [-0.1, -0.05) is 60.5 Å². The smallest absolute Gasteiger partial charge is 0.250 e. The van der Waals surface area contributed by atoms with Crippen LogP contribution >= 0.6 is 23.2 Å². The number of nitrogens with zero attached hydrogens (tertiary/aromatic N) is 5. The largest absolute Gasteiger partial charge is 0.488 e. The van der Waals surface area contributed by atoms with E-state index < -0.39 is 0 Å². The molecule has 0 saturated carbocycles. The Balaban J connectivity index is 1.35. The van der Waals surface area contributed by atoms with Crippen LogP contribution in [-0.4, -0.2) is 34.3 Å². The molecule has 2 heterocycles. The summed E-state index contributed by atoms with van der Waals surface area (Å²) < 4.78 is 6.06. The quantitative estimate of drug-likeness (QED) is 0.152. The lowest BCUT2D eigenvalue weighted by Gasteiger charge is -2.30. The molecule has 1 aliphatic heterocycles. The zero-order valence-corrected chi connectivity index (χ0v) is 24.9. The number of aromatic nitrogens is 3. The first-order valence-electron chi connectivity index (χ1n) is 13.6. The fraction of sp³-hybridized carbons (Fsp3) is 0.290. The Morgan fingerprint density at radius 1 is 0.976 bits per heavy atom. The summed E-state index contributed by atoms with van der Waals surface area (Å²) >= 11 is 12.3. The van der Waals surface area contributed by atoms with E-state index in [9.17, 15) is 0 Å². The number of para-hydroxylation sites is 1. The van der Waals surface area contributed by atoms with Crippen LogP contribution in [0.3, 0.4) is 0 Å². The second-order valence-corrected chi connectivity index (χ2v) is 11.1. The summed E-state index contributed by atoms with van der Waals surface area (Å²) in [4.78, 5) is 16.3. The number of aryl methyl sites for hydroxylation is 1. The van der Waals surface area contributed by atoms with Gasteiger partial charge >= 0.3 is 0 Å². The summed E-state index contributed by atoms with van der Waals surface area (Å²) in [5.74, 6) is 2.80. The van der Waals surface area contributed by atoms with E-state index in [1.807, 2.05) is 42.5 Å². The molecule has 0 spiro atoms. The highest BCUT2D eigenvalue weighted by Gasteiger charge is 2.20.